The summed E-state index contributed by atoms with van der Waals surface area (Å²) in [5, 5.41) is 7.60. The molecule has 0 aromatic heterocycles. The van der Waals surface area contributed by atoms with E-state index < -0.39 is 5.97 Å². The summed E-state index contributed by atoms with van der Waals surface area (Å²) in [6.45, 7) is 18.6. The molecule has 2 fully saturated rings. The van der Waals surface area contributed by atoms with E-state index in [1.807, 2.05) is 0 Å². The molecule has 2 saturated carbocycles. The molecule has 1 unspecified atom stereocenters. The van der Waals surface area contributed by atoms with Crippen LogP contribution in [-0.4, -0.2) is 23.1 Å². The van der Waals surface area contributed by atoms with Crippen LogP contribution in [0.5, 0.6) is 0 Å². The molecule has 0 saturated heterocycles. The van der Waals surface area contributed by atoms with Crippen molar-refractivity contribution < 1.29 is 19.4 Å². The Kier molecular flexibility index (Phi) is 10.3. The molecule has 0 heterocycles. The fraction of sp³-hybridized carbons (Fsp3) is 0.769. The Hall–Kier alpha value is -1.58. The van der Waals surface area contributed by atoms with Gasteiger partial charge in [-0.15, -0.1) is 0 Å². The molecule has 1 N–H and O–H groups in total. The Balaban J connectivity index is 0.000000804. The highest BCUT2D eigenvalue weighted by atomic mass is 16.5. The van der Waals surface area contributed by atoms with Gasteiger partial charge in [-0.1, -0.05) is 79.9 Å². The number of hydrogen-bond acceptors (Lipinski definition) is 3. The van der Waals surface area contributed by atoms with E-state index in [4.69, 9.17) is 9.84 Å². The number of fused-ring (bicyclic) bond motifs is 2. The van der Waals surface area contributed by atoms with E-state index in [9.17, 15) is 9.59 Å². The topological polar surface area (TPSA) is 63.6 Å². The monoisotopic (exact) mass is 420 g/mol. The van der Waals surface area contributed by atoms with Gasteiger partial charge in [0.15, 0.2) is 0 Å². The standard InChI is InChI=1S/C23H40O2.C3H4O2/c1-17(2)12-10-8-7-9-11-13-18(3)21(24)25-20-16-19-14-15-23(20,6)22(19,4)5;1-2-3(4)5/h17,19-20H,3,7-16H2,1-2,4-6H3;2H,1H2,(H,4,5)/t19-,20?,23-;/m1./s1. The molecule has 0 aromatic rings. The molecule has 4 heteroatoms. The molecular formula is C26H44O4. The number of esters is 1. The van der Waals surface area contributed by atoms with Crippen LogP contribution in [0.2, 0.25) is 0 Å². The first-order valence-corrected chi connectivity index (χ1v) is 11.7. The van der Waals surface area contributed by atoms with Crippen LogP contribution in [0.25, 0.3) is 0 Å². The molecule has 172 valence electrons. The summed E-state index contributed by atoms with van der Waals surface area (Å²) < 4.78 is 5.93. The van der Waals surface area contributed by atoms with Crippen molar-refractivity contribution in [1.29, 1.82) is 0 Å². The third-order valence-electron chi connectivity index (χ3n) is 7.69. The van der Waals surface area contributed by atoms with Crippen molar-refractivity contribution in [3.05, 3.63) is 24.8 Å². The number of carbonyl (C=O) groups excluding carboxylic acids is 1. The second kappa shape index (κ2) is 11.7. The summed E-state index contributed by atoms with van der Waals surface area (Å²) in [5.74, 6) is 0.390. The van der Waals surface area contributed by atoms with Crippen LogP contribution in [-0.2, 0) is 14.3 Å². The van der Waals surface area contributed by atoms with Gasteiger partial charge < -0.3 is 9.84 Å². The number of aliphatic carboxylic acids is 1. The first-order chi connectivity index (χ1) is 14.0. The van der Waals surface area contributed by atoms with Crippen LogP contribution in [0.1, 0.15) is 98.8 Å². The van der Waals surface area contributed by atoms with Crippen LogP contribution in [0.4, 0.5) is 0 Å². The zero-order chi connectivity index (χ0) is 22.9. The van der Waals surface area contributed by atoms with Gasteiger partial charge in [-0.25, -0.2) is 9.59 Å². The predicted molar refractivity (Wildman–Crippen MR) is 123 cm³/mol. The lowest BCUT2D eigenvalue weighted by atomic mass is 9.70. The number of hydrogen-bond donors (Lipinski definition) is 1. The van der Waals surface area contributed by atoms with Crippen molar-refractivity contribution in [3.8, 4) is 0 Å². The first kappa shape index (κ1) is 26.5. The number of rotatable bonds is 11. The van der Waals surface area contributed by atoms with Gasteiger partial charge in [0.2, 0.25) is 0 Å². The van der Waals surface area contributed by atoms with Crippen molar-refractivity contribution in [3.63, 3.8) is 0 Å². The lowest BCUT2D eigenvalue weighted by Gasteiger charge is -2.38. The third-order valence-corrected chi connectivity index (χ3v) is 7.69. The molecule has 0 aromatic carbocycles. The SMILES string of the molecule is C=C(CCCCCCCC(C)C)C(=O)OC1C[C@H]2CC[C@@]1(C)C2(C)C.C=CC(=O)O. The Morgan fingerprint density at radius 3 is 2.17 bits per heavy atom. The van der Waals surface area contributed by atoms with Crippen LogP contribution in [0, 0.1) is 22.7 Å². The van der Waals surface area contributed by atoms with Crippen molar-refractivity contribution in [2.45, 2.75) is 105 Å². The van der Waals surface area contributed by atoms with Crippen LogP contribution >= 0.6 is 0 Å². The summed E-state index contributed by atoms with van der Waals surface area (Å²) in [4.78, 5) is 21.7. The molecule has 0 amide bonds. The van der Waals surface area contributed by atoms with Crippen LogP contribution in [0.15, 0.2) is 24.8 Å². The van der Waals surface area contributed by atoms with Gasteiger partial charge >= 0.3 is 11.9 Å². The molecule has 2 aliphatic carbocycles. The van der Waals surface area contributed by atoms with Crippen LogP contribution in [0.3, 0.4) is 0 Å². The molecule has 3 atom stereocenters. The minimum Gasteiger partial charge on any atom is -0.478 e. The van der Waals surface area contributed by atoms with Crippen LogP contribution < -0.4 is 0 Å². The smallest absolute Gasteiger partial charge is 0.333 e. The van der Waals surface area contributed by atoms with Gasteiger partial charge in [0.25, 0.3) is 0 Å². The zero-order valence-corrected chi connectivity index (χ0v) is 20.0. The number of ether oxygens (including phenoxy) is 1. The predicted octanol–water partition coefficient (Wildman–Crippen LogP) is 6.94. The molecule has 0 radical (unpaired) electrons. The van der Waals surface area contributed by atoms with Gasteiger partial charge in [-0.2, -0.15) is 0 Å². The second-order valence-electron chi connectivity index (χ2n) is 10.4. The highest BCUT2D eigenvalue weighted by Crippen LogP contribution is 2.66. The molecule has 0 aliphatic heterocycles. The van der Waals surface area contributed by atoms with E-state index in [-0.39, 0.29) is 22.9 Å². The Morgan fingerprint density at radius 2 is 1.70 bits per heavy atom. The molecule has 2 bridgehead atoms. The average molecular weight is 421 g/mol. The highest BCUT2D eigenvalue weighted by molar-refractivity contribution is 5.87. The van der Waals surface area contributed by atoms with E-state index in [1.165, 1.54) is 44.9 Å². The number of carboxylic acids is 1. The second-order valence-corrected chi connectivity index (χ2v) is 10.4. The summed E-state index contributed by atoms with van der Waals surface area (Å²) in [6, 6.07) is 0. The Labute approximate surface area is 184 Å². The summed E-state index contributed by atoms with van der Waals surface area (Å²) in [5.41, 5.74) is 1.10. The Morgan fingerprint density at radius 1 is 1.13 bits per heavy atom. The maximum atomic E-state index is 12.4. The van der Waals surface area contributed by atoms with Gasteiger partial charge in [0.1, 0.15) is 6.10 Å². The van der Waals surface area contributed by atoms with Crippen molar-refractivity contribution in [2.24, 2.45) is 22.7 Å². The van der Waals surface area contributed by atoms with Crippen molar-refractivity contribution in [2.75, 3.05) is 0 Å². The minimum atomic E-state index is -0.981. The number of carbonyl (C=O) groups is 2. The number of carboxylic acid groups (broad SMARTS) is 1. The normalized spacial score (nSPS) is 26.1. The maximum Gasteiger partial charge on any atom is 0.333 e. The number of unbranched alkanes of at least 4 members (excludes halogenated alkanes) is 4. The van der Waals surface area contributed by atoms with E-state index in [0.717, 1.165) is 31.3 Å². The van der Waals surface area contributed by atoms with Gasteiger partial charge in [-0.05, 0) is 49.4 Å². The maximum absolute atomic E-state index is 12.4. The van der Waals surface area contributed by atoms with E-state index in [1.54, 1.807) is 0 Å². The molecule has 4 nitrogen and oxygen atoms in total. The van der Waals surface area contributed by atoms with Crippen molar-refractivity contribution in [1.82, 2.24) is 0 Å². The molecule has 30 heavy (non-hydrogen) atoms. The molecule has 2 aliphatic rings. The van der Waals surface area contributed by atoms with E-state index >= 15 is 0 Å². The quantitative estimate of drug-likeness (QED) is 0.223. The van der Waals surface area contributed by atoms with Gasteiger partial charge in [0, 0.05) is 17.1 Å². The molecular weight excluding hydrogens is 376 g/mol. The fourth-order valence-electron chi connectivity index (χ4n) is 5.04. The largest absolute Gasteiger partial charge is 0.478 e. The first-order valence-electron chi connectivity index (χ1n) is 11.7. The lowest BCUT2D eigenvalue weighted by Crippen LogP contribution is -2.38. The summed E-state index contributed by atoms with van der Waals surface area (Å²) in [7, 11) is 0. The van der Waals surface area contributed by atoms with E-state index in [0.29, 0.717) is 11.5 Å². The van der Waals surface area contributed by atoms with E-state index in [2.05, 4.69) is 47.8 Å². The highest BCUT2D eigenvalue weighted by Gasteiger charge is 2.62. The lowest BCUT2D eigenvalue weighted by molar-refractivity contribution is -0.152. The average Bonchev–Trinajstić information content (AvgIpc) is 3.00. The Bertz CT molecular complexity index is 604. The molecule has 0 spiro atoms. The summed E-state index contributed by atoms with van der Waals surface area (Å²) in [6.07, 6.45) is 12.7. The van der Waals surface area contributed by atoms with Gasteiger partial charge in [0.05, 0.1) is 0 Å². The van der Waals surface area contributed by atoms with Crippen molar-refractivity contribution >= 4 is 11.9 Å². The molecule has 2 rings (SSSR count). The zero-order valence-electron chi connectivity index (χ0n) is 20.0. The third kappa shape index (κ3) is 6.99. The minimum absolute atomic E-state index is 0.0848. The van der Waals surface area contributed by atoms with Gasteiger partial charge in [-0.3, -0.25) is 0 Å². The summed E-state index contributed by atoms with van der Waals surface area (Å²) >= 11 is 0. The fourth-order valence-corrected chi connectivity index (χ4v) is 5.04.